The van der Waals surface area contributed by atoms with Crippen LogP contribution >= 0.6 is 11.3 Å². The second-order valence-electron chi connectivity index (χ2n) is 9.20. The molecule has 2 aromatic rings. The van der Waals surface area contributed by atoms with Crippen LogP contribution in [0.4, 0.5) is 9.39 Å². The van der Waals surface area contributed by atoms with Crippen molar-refractivity contribution in [1.82, 2.24) is 4.90 Å². The molecule has 2 aliphatic rings. The quantitative estimate of drug-likeness (QED) is 0.620. The summed E-state index contributed by atoms with van der Waals surface area (Å²) in [6.07, 6.45) is 4.25. The van der Waals surface area contributed by atoms with Crippen LogP contribution in [0.3, 0.4) is 0 Å². The molecule has 1 aliphatic heterocycles. The molecule has 2 fully saturated rings. The number of hydrogen-bond donors (Lipinski definition) is 2. The molecule has 1 saturated heterocycles. The summed E-state index contributed by atoms with van der Waals surface area (Å²) in [5.74, 6) is -1.03. The van der Waals surface area contributed by atoms with E-state index in [2.05, 4.69) is 10.2 Å². The van der Waals surface area contributed by atoms with Gasteiger partial charge in [0.2, 0.25) is 5.91 Å². The number of benzene rings is 1. The van der Waals surface area contributed by atoms with Crippen LogP contribution in [0.1, 0.15) is 64.5 Å². The number of halogens is 1. The lowest BCUT2D eigenvalue weighted by Crippen LogP contribution is -2.56. The molecule has 0 unspecified atom stereocenters. The van der Waals surface area contributed by atoms with Crippen molar-refractivity contribution in [3.63, 3.8) is 0 Å². The number of methoxy groups -OCH3 is 1. The van der Waals surface area contributed by atoms with Crippen LogP contribution in [-0.2, 0) is 9.53 Å². The van der Waals surface area contributed by atoms with Gasteiger partial charge < -0.3 is 15.2 Å². The SMILES string of the molecule is COC(=O)c1c(NC(=O)CN2CC[C@]3(O)CCCC[C@@H]3[C@@H]2c2ccc(F)cc2)sc(C)c1C. The van der Waals surface area contributed by atoms with Gasteiger partial charge in [-0.2, -0.15) is 0 Å². The molecule has 2 heterocycles. The van der Waals surface area contributed by atoms with E-state index in [0.717, 1.165) is 41.7 Å². The Kier molecular flexibility index (Phi) is 6.88. The first-order chi connectivity index (χ1) is 15.7. The largest absolute Gasteiger partial charge is 0.465 e. The number of esters is 1. The number of rotatable bonds is 5. The minimum atomic E-state index is -0.760. The van der Waals surface area contributed by atoms with E-state index < -0.39 is 11.6 Å². The van der Waals surface area contributed by atoms with Gasteiger partial charge in [-0.25, -0.2) is 9.18 Å². The van der Waals surface area contributed by atoms with Crippen LogP contribution in [0.2, 0.25) is 0 Å². The van der Waals surface area contributed by atoms with Gasteiger partial charge >= 0.3 is 5.97 Å². The Hall–Kier alpha value is -2.29. The predicted molar refractivity (Wildman–Crippen MR) is 126 cm³/mol. The highest BCUT2D eigenvalue weighted by Crippen LogP contribution is 2.49. The van der Waals surface area contributed by atoms with E-state index in [9.17, 15) is 19.1 Å². The van der Waals surface area contributed by atoms with Crippen molar-refractivity contribution < 1.29 is 23.8 Å². The fourth-order valence-corrected chi connectivity index (χ4v) is 6.50. The average molecular weight is 475 g/mol. The minimum absolute atomic E-state index is 0.0184. The van der Waals surface area contributed by atoms with Crippen LogP contribution in [0.5, 0.6) is 0 Å². The van der Waals surface area contributed by atoms with Gasteiger partial charge in [0.15, 0.2) is 0 Å². The van der Waals surface area contributed by atoms with E-state index >= 15 is 0 Å². The molecule has 1 amide bonds. The zero-order valence-corrected chi connectivity index (χ0v) is 20.1. The normalized spacial score (nSPS) is 25.4. The number of aliphatic hydroxyl groups is 1. The minimum Gasteiger partial charge on any atom is -0.465 e. The lowest BCUT2D eigenvalue weighted by atomic mass is 9.66. The lowest BCUT2D eigenvalue weighted by Gasteiger charge is -2.52. The smallest absolute Gasteiger partial charge is 0.341 e. The van der Waals surface area contributed by atoms with Crippen molar-refractivity contribution in [2.75, 3.05) is 25.5 Å². The van der Waals surface area contributed by atoms with Crippen LogP contribution < -0.4 is 5.32 Å². The van der Waals surface area contributed by atoms with Gasteiger partial charge in [0, 0.05) is 23.4 Å². The molecule has 0 bridgehead atoms. The molecule has 178 valence electrons. The number of aryl methyl sites for hydroxylation is 1. The zero-order chi connectivity index (χ0) is 23.8. The average Bonchev–Trinajstić information content (AvgIpc) is 3.06. The Morgan fingerprint density at radius 3 is 2.67 bits per heavy atom. The first-order valence-electron chi connectivity index (χ1n) is 11.4. The molecular weight excluding hydrogens is 443 g/mol. The third-order valence-corrected chi connectivity index (χ3v) is 8.38. The molecule has 0 spiro atoms. The molecule has 33 heavy (non-hydrogen) atoms. The number of carbonyl (C=O) groups is 2. The predicted octanol–water partition coefficient (Wildman–Crippen LogP) is 4.60. The van der Waals surface area contributed by atoms with Gasteiger partial charge in [0.25, 0.3) is 0 Å². The fourth-order valence-electron chi connectivity index (χ4n) is 5.44. The summed E-state index contributed by atoms with van der Waals surface area (Å²) in [6, 6.07) is 6.20. The number of ether oxygens (including phenoxy) is 1. The molecule has 1 aromatic carbocycles. The van der Waals surface area contributed by atoms with Crippen molar-refractivity contribution >= 4 is 28.2 Å². The molecular formula is C25H31FN2O4S. The van der Waals surface area contributed by atoms with Crippen molar-refractivity contribution in [3.05, 3.63) is 51.7 Å². The molecule has 0 radical (unpaired) electrons. The molecule has 1 aromatic heterocycles. The standard InChI is InChI=1S/C25H31FN2O4S/c1-15-16(2)33-23(21(15)24(30)32-3)27-20(29)14-28-13-12-25(31)11-5-4-6-19(25)22(28)17-7-9-18(26)10-8-17/h7-10,19,22,31H,4-6,11-14H2,1-3H3,(H,27,29)/t19-,22+,25-/m1/s1. The number of piperidine rings is 1. The monoisotopic (exact) mass is 474 g/mol. The van der Waals surface area contributed by atoms with Crippen molar-refractivity contribution in [2.45, 2.75) is 57.6 Å². The summed E-state index contributed by atoms with van der Waals surface area (Å²) >= 11 is 1.36. The topological polar surface area (TPSA) is 78.9 Å². The molecule has 1 aliphatic carbocycles. The summed E-state index contributed by atoms with van der Waals surface area (Å²) in [7, 11) is 1.33. The van der Waals surface area contributed by atoms with Crippen molar-refractivity contribution in [3.8, 4) is 0 Å². The Labute approximate surface area is 197 Å². The van der Waals surface area contributed by atoms with E-state index in [1.54, 1.807) is 12.1 Å². The van der Waals surface area contributed by atoms with E-state index in [1.807, 2.05) is 13.8 Å². The van der Waals surface area contributed by atoms with Crippen LogP contribution in [0.25, 0.3) is 0 Å². The first kappa shape index (κ1) is 23.9. The second kappa shape index (κ2) is 9.52. The maximum absolute atomic E-state index is 13.6. The van der Waals surface area contributed by atoms with Gasteiger partial charge in [-0.3, -0.25) is 9.69 Å². The maximum Gasteiger partial charge on any atom is 0.341 e. The number of nitrogens with one attached hydrogen (secondary N) is 1. The van der Waals surface area contributed by atoms with Gasteiger partial charge in [-0.05, 0) is 56.4 Å². The van der Waals surface area contributed by atoms with Crippen LogP contribution in [0.15, 0.2) is 24.3 Å². The molecule has 8 heteroatoms. The number of likely N-dealkylation sites (tertiary alicyclic amines) is 1. The highest BCUT2D eigenvalue weighted by molar-refractivity contribution is 7.16. The van der Waals surface area contributed by atoms with Crippen LogP contribution in [0, 0.1) is 25.6 Å². The van der Waals surface area contributed by atoms with Crippen LogP contribution in [-0.4, -0.2) is 47.7 Å². The molecule has 3 atom stereocenters. The Morgan fingerprint density at radius 1 is 1.24 bits per heavy atom. The molecule has 4 rings (SSSR count). The molecule has 1 saturated carbocycles. The Morgan fingerprint density at radius 2 is 1.97 bits per heavy atom. The Bertz CT molecular complexity index is 1040. The van der Waals surface area contributed by atoms with E-state index in [-0.39, 0.29) is 30.2 Å². The first-order valence-corrected chi connectivity index (χ1v) is 12.2. The second-order valence-corrected chi connectivity index (χ2v) is 10.4. The third-order valence-electron chi connectivity index (χ3n) is 7.26. The molecule has 2 N–H and O–H groups in total. The van der Waals surface area contributed by atoms with E-state index in [4.69, 9.17) is 4.74 Å². The summed E-state index contributed by atoms with van der Waals surface area (Å²) in [5.41, 5.74) is 1.34. The fraction of sp³-hybridized carbons (Fsp3) is 0.520. The number of anilines is 1. The lowest BCUT2D eigenvalue weighted by molar-refractivity contribution is -0.135. The van der Waals surface area contributed by atoms with E-state index in [1.165, 1.54) is 30.6 Å². The number of fused-ring (bicyclic) bond motifs is 1. The summed E-state index contributed by atoms with van der Waals surface area (Å²) < 4.78 is 18.5. The zero-order valence-electron chi connectivity index (χ0n) is 19.3. The highest BCUT2D eigenvalue weighted by atomic mass is 32.1. The van der Waals surface area contributed by atoms with Gasteiger partial charge in [-0.1, -0.05) is 25.0 Å². The highest BCUT2D eigenvalue weighted by Gasteiger charge is 2.49. The van der Waals surface area contributed by atoms with Gasteiger partial charge in [0.05, 0.1) is 24.8 Å². The number of nitrogens with zero attached hydrogens (tertiary/aromatic N) is 1. The van der Waals surface area contributed by atoms with Crippen molar-refractivity contribution in [1.29, 1.82) is 0 Å². The maximum atomic E-state index is 13.6. The van der Waals surface area contributed by atoms with E-state index in [0.29, 0.717) is 23.5 Å². The number of carbonyl (C=O) groups excluding carboxylic acids is 2. The third kappa shape index (κ3) is 4.69. The van der Waals surface area contributed by atoms with Gasteiger partial charge in [-0.15, -0.1) is 11.3 Å². The number of hydrogen-bond acceptors (Lipinski definition) is 6. The molecule has 6 nitrogen and oxygen atoms in total. The number of amides is 1. The van der Waals surface area contributed by atoms with Crippen molar-refractivity contribution in [2.24, 2.45) is 5.92 Å². The summed E-state index contributed by atoms with van der Waals surface area (Å²) in [4.78, 5) is 28.4. The summed E-state index contributed by atoms with van der Waals surface area (Å²) in [6.45, 7) is 4.42. The summed E-state index contributed by atoms with van der Waals surface area (Å²) in [5, 5.41) is 14.8. The van der Waals surface area contributed by atoms with Gasteiger partial charge in [0.1, 0.15) is 10.8 Å². The Balaban J connectivity index is 1.58. The number of thiophene rings is 1.